The number of anilines is 1. The Morgan fingerprint density at radius 2 is 2.14 bits per heavy atom. The molecule has 3 aromatic heterocycles. The summed E-state index contributed by atoms with van der Waals surface area (Å²) in [6, 6.07) is 5.10. The summed E-state index contributed by atoms with van der Waals surface area (Å²) >= 11 is 0. The molecule has 4 heterocycles. The van der Waals surface area contributed by atoms with Gasteiger partial charge in [-0.3, -0.25) is 9.36 Å². The van der Waals surface area contributed by atoms with Crippen LogP contribution >= 0.6 is 0 Å². The fourth-order valence-electron chi connectivity index (χ4n) is 4.06. The highest BCUT2D eigenvalue weighted by Crippen LogP contribution is 2.38. The van der Waals surface area contributed by atoms with Crippen molar-refractivity contribution in [2.24, 2.45) is 0 Å². The zero-order valence-electron chi connectivity index (χ0n) is 19.8. The Balaban J connectivity index is 1.88. The van der Waals surface area contributed by atoms with Gasteiger partial charge >= 0.3 is 6.09 Å². The first-order valence-corrected chi connectivity index (χ1v) is 11.2. The standard InChI is InChI=1S/C24H28N4O7/c1-14(29)4-6-35-16-8-19(27-21(9-16)24(33-3)5-7-34-13-24)18-12-28(23(31)32)20-11-25-22(10-17(18)20)26-15(2)30/h8-12,14,29H,4-7,13H2,1-3H3,(H,31,32)(H,25,26,30). The van der Waals surface area contributed by atoms with Crippen molar-refractivity contribution in [1.29, 1.82) is 0 Å². The second-order valence-corrected chi connectivity index (χ2v) is 8.52. The van der Waals surface area contributed by atoms with E-state index in [9.17, 15) is 19.8 Å². The Kier molecular flexibility index (Phi) is 7.01. The van der Waals surface area contributed by atoms with Crippen molar-refractivity contribution in [3.05, 3.63) is 36.3 Å². The number of aromatic nitrogens is 3. The van der Waals surface area contributed by atoms with E-state index in [2.05, 4.69) is 10.3 Å². The number of amides is 1. The Hall–Kier alpha value is -3.54. The van der Waals surface area contributed by atoms with E-state index in [1.54, 1.807) is 32.2 Å². The quantitative estimate of drug-likeness (QED) is 0.439. The summed E-state index contributed by atoms with van der Waals surface area (Å²) in [4.78, 5) is 32.5. The van der Waals surface area contributed by atoms with Gasteiger partial charge in [-0.25, -0.2) is 14.8 Å². The highest BCUT2D eigenvalue weighted by molar-refractivity contribution is 6.01. The van der Waals surface area contributed by atoms with Crippen LogP contribution in [0.5, 0.6) is 5.75 Å². The fraction of sp³-hybridized carbons (Fsp3) is 0.417. The van der Waals surface area contributed by atoms with Crippen LogP contribution in [0.15, 0.2) is 30.6 Å². The highest BCUT2D eigenvalue weighted by Gasteiger charge is 2.39. The molecule has 4 rings (SSSR count). The van der Waals surface area contributed by atoms with Crippen molar-refractivity contribution in [1.82, 2.24) is 14.5 Å². The van der Waals surface area contributed by atoms with Crippen molar-refractivity contribution in [2.45, 2.75) is 38.4 Å². The first-order chi connectivity index (χ1) is 16.7. The van der Waals surface area contributed by atoms with E-state index in [-0.39, 0.29) is 18.3 Å². The molecule has 11 nitrogen and oxygen atoms in total. The van der Waals surface area contributed by atoms with Gasteiger partial charge in [-0.05, 0) is 13.0 Å². The molecule has 35 heavy (non-hydrogen) atoms. The number of carbonyl (C=O) groups is 2. The van der Waals surface area contributed by atoms with Crippen LogP contribution in [0.3, 0.4) is 0 Å². The van der Waals surface area contributed by atoms with Crippen LogP contribution < -0.4 is 10.1 Å². The largest absolute Gasteiger partial charge is 0.493 e. The summed E-state index contributed by atoms with van der Waals surface area (Å²) in [6.45, 7) is 4.17. The van der Waals surface area contributed by atoms with Crippen molar-refractivity contribution in [2.75, 3.05) is 32.2 Å². The molecule has 3 aromatic rings. The zero-order chi connectivity index (χ0) is 25.2. The molecular formula is C24H28N4O7. The Morgan fingerprint density at radius 3 is 2.77 bits per heavy atom. The summed E-state index contributed by atoms with van der Waals surface area (Å²) < 4.78 is 18.4. The topological polar surface area (TPSA) is 145 Å². The normalized spacial score (nSPS) is 18.5. The number of aliphatic hydroxyl groups excluding tert-OH is 1. The lowest BCUT2D eigenvalue weighted by atomic mass is 9.96. The fourth-order valence-corrected chi connectivity index (χ4v) is 4.06. The molecule has 3 N–H and O–H groups in total. The number of hydrogen-bond acceptors (Lipinski definition) is 8. The SMILES string of the molecule is COC1(c2cc(OCCC(C)O)cc(-c3cn(C(=O)O)c4cnc(NC(C)=O)cc34)n2)CCOC1. The monoisotopic (exact) mass is 484 g/mol. The van der Waals surface area contributed by atoms with Gasteiger partial charge in [0.15, 0.2) is 0 Å². The molecule has 0 spiro atoms. The minimum absolute atomic E-state index is 0.282. The van der Waals surface area contributed by atoms with Gasteiger partial charge in [0.2, 0.25) is 5.91 Å². The van der Waals surface area contributed by atoms with Gasteiger partial charge in [0.25, 0.3) is 0 Å². The van der Waals surface area contributed by atoms with E-state index >= 15 is 0 Å². The van der Waals surface area contributed by atoms with E-state index in [1.807, 2.05) is 0 Å². The van der Waals surface area contributed by atoms with Crippen molar-refractivity contribution in [3.63, 3.8) is 0 Å². The molecule has 1 aliphatic heterocycles. The number of rotatable bonds is 8. The van der Waals surface area contributed by atoms with Crippen LogP contribution in [0.1, 0.15) is 32.4 Å². The van der Waals surface area contributed by atoms with Gasteiger partial charge in [0.05, 0.1) is 42.4 Å². The van der Waals surface area contributed by atoms with Crippen LogP contribution in [-0.2, 0) is 19.9 Å². The molecule has 0 aliphatic carbocycles. The van der Waals surface area contributed by atoms with E-state index < -0.39 is 17.8 Å². The molecular weight excluding hydrogens is 456 g/mol. The molecule has 0 bridgehead atoms. The summed E-state index contributed by atoms with van der Waals surface area (Å²) in [6.07, 6.45) is 2.19. The number of nitrogens with one attached hydrogen (secondary N) is 1. The van der Waals surface area contributed by atoms with Gasteiger partial charge in [-0.2, -0.15) is 0 Å². The van der Waals surface area contributed by atoms with Crippen LogP contribution in [0, 0.1) is 0 Å². The maximum atomic E-state index is 11.9. The molecule has 0 saturated carbocycles. The van der Waals surface area contributed by atoms with E-state index in [1.165, 1.54) is 19.3 Å². The van der Waals surface area contributed by atoms with Crippen molar-refractivity contribution in [3.8, 4) is 17.0 Å². The van der Waals surface area contributed by atoms with Gasteiger partial charge in [0, 0.05) is 62.8 Å². The number of methoxy groups -OCH3 is 1. The third kappa shape index (κ3) is 5.11. The predicted octanol–water partition coefficient (Wildman–Crippen LogP) is 2.99. The maximum Gasteiger partial charge on any atom is 0.416 e. The van der Waals surface area contributed by atoms with Crippen molar-refractivity contribution >= 4 is 28.7 Å². The maximum absolute atomic E-state index is 11.9. The molecule has 1 aliphatic rings. The van der Waals surface area contributed by atoms with Crippen LogP contribution in [0.4, 0.5) is 10.6 Å². The second kappa shape index (κ2) is 9.98. The Morgan fingerprint density at radius 1 is 1.34 bits per heavy atom. The molecule has 0 radical (unpaired) electrons. The van der Waals surface area contributed by atoms with Crippen LogP contribution in [-0.4, -0.2) is 69.8 Å². The Bertz CT molecular complexity index is 1250. The number of carbonyl (C=O) groups excluding carboxylic acids is 1. The minimum Gasteiger partial charge on any atom is -0.493 e. The van der Waals surface area contributed by atoms with E-state index in [0.29, 0.717) is 59.7 Å². The van der Waals surface area contributed by atoms with Crippen LogP contribution in [0.2, 0.25) is 0 Å². The van der Waals surface area contributed by atoms with Crippen molar-refractivity contribution < 1.29 is 34.0 Å². The number of ether oxygens (including phenoxy) is 3. The van der Waals surface area contributed by atoms with Gasteiger partial charge in [0.1, 0.15) is 17.2 Å². The van der Waals surface area contributed by atoms with Crippen LogP contribution in [0.25, 0.3) is 22.2 Å². The first kappa shape index (κ1) is 24.6. The third-order valence-corrected chi connectivity index (χ3v) is 5.92. The molecule has 186 valence electrons. The van der Waals surface area contributed by atoms with Gasteiger partial charge < -0.3 is 29.7 Å². The number of nitrogens with zero attached hydrogens (tertiary/aromatic N) is 3. The third-order valence-electron chi connectivity index (χ3n) is 5.92. The predicted molar refractivity (Wildman–Crippen MR) is 127 cm³/mol. The molecule has 1 saturated heterocycles. The molecule has 1 amide bonds. The highest BCUT2D eigenvalue weighted by atomic mass is 16.5. The molecule has 2 unspecified atom stereocenters. The lowest BCUT2D eigenvalue weighted by Crippen LogP contribution is -2.30. The van der Waals surface area contributed by atoms with E-state index in [0.717, 1.165) is 4.57 Å². The van der Waals surface area contributed by atoms with Gasteiger partial charge in [-0.15, -0.1) is 0 Å². The Labute approximate surface area is 201 Å². The average molecular weight is 485 g/mol. The number of carboxylic acid groups (broad SMARTS) is 1. The minimum atomic E-state index is -1.18. The zero-order valence-corrected chi connectivity index (χ0v) is 19.8. The summed E-state index contributed by atoms with van der Waals surface area (Å²) in [5, 5.41) is 22.5. The first-order valence-electron chi connectivity index (χ1n) is 11.2. The average Bonchev–Trinajstić information content (AvgIpc) is 3.44. The molecule has 1 fully saturated rings. The number of hydrogen-bond donors (Lipinski definition) is 3. The van der Waals surface area contributed by atoms with Gasteiger partial charge in [-0.1, -0.05) is 0 Å². The lowest BCUT2D eigenvalue weighted by Gasteiger charge is -2.26. The number of fused-ring (bicyclic) bond motifs is 1. The second-order valence-electron chi connectivity index (χ2n) is 8.52. The smallest absolute Gasteiger partial charge is 0.416 e. The number of aliphatic hydroxyl groups is 1. The summed E-state index contributed by atoms with van der Waals surface area (Å²) in [5.41, 5.74) is 1.14. The van der Waals surface area contributed by atoms with E-state index in [4.69, 9.17) is 19.2 Å². The molecule has 2 atom stereocenters. The summed E-state index contributed by atoms with van der Waals surface area (Å²) in [7, 11) is 1.60. The number of pyridine rings is 2. The molecule has 11 heteroatoms. The summed E-state index contributed by atoms with van der Waals surface area (Å²) in [5.74, 6) is 0.492. The molecule has 0 aromatic carbocycles. The lowest BCUT2D eigenvalue weighted by molar-refractivity contribution is -0.114.